The summed E-state index contributed by atoms with van der Waals surface area (Å²) in [6.07, 6.45) is 0.898. The molecule has 106 valence electrons. The Bertz CT molecular complexity index is 443. The molecule has 1 heterocycles. The number of nitrogens with zero attached hydrogens (tertiary/aromatic N) is 1. The molecule has 0 aromatic carbocycles. The number of carbonyl (C=O) groups excluding carboxylic acids is 1. The minimum absolute atomic E-state index is 0.120. The zero-order valence-corrected chi connectivity index (χ0v) is 13.5. The Morgan fingerprint density at radius 3 is 2.84 bits per heavy atom. The summed E-state index contributed by atoms with van der Waals surface area (Å²) < 4.78 is 6.15. The molecule has 0 aliphatic heterocycles. The Labute approximate surface area is 125 Å². The van der Waals surface area contributed by atoms with Gasteiger partial charge in [-0.3, -0.25) is 4.79 Å². The number of thiophene rings is 1. The Morgan fingerprint density at radius 2 is 2.42 bits per heavy atom. The van der Waals surface area contributed by atoms with Gasteiger partial charge in [0.25, 0.3) is 0 Å². The van der Waals surface area contributed by atoms with Crippen molar-refractivity contribution in [3.8, 4) is 0 Å². The monoisotopic (exact) mass is 347 g/mol. The SMILES string of the molecule is C=CC(=O)N(Cc1sc(Br)cc1C)CC(CO)OC. The van der Waals surface area contributed by atoms with Gasteiger partial charge in [-0.2, -0.15) is 0 Å². The van der Waals surface area contributed by atoms with Gasteiger partial charge in [-0.25, -0.2) is 0 Å². The highest BCUT2D eigenvalue weighted by Gasteiger charge is 2.18. The van der Waals surface area contributed by atoms with Crippen LogP contribution in [0.4, 0.5) is 0 Å². The van der Waals surface area contributed by atoms with Crippen molar-refractivity contribution in [2.75, 3.05) is 20.3 Å². The summed E-state index contributed by atoms with van der Waals surface area (Å²) in [5.74, 6) is -0.167. The van der Waals surface area contributed by atoms with E-state index in [1.165, 1.54) is 13.2 Å². The van der Waals surface area contributed by atoms with Crippen molar-refractivity contribution >= 4 is 33.2 Å². The maximum Gasteiger partial charge on any atom is 0.246 e. The lowest BCUT2D eigenvalue weighted by atomic mass is 10.2. The molecule has 0 radical (unpaired) electrons. The third-order valence-electron chi connectivity index (χ3n) is 2.77. The summed E-state index contributed by atoms with van der Waals surface area (Å²) in [6.45, 7) is 6.23. The molecule has 1 atom stereocenters. The molecule has 0 saturated heterocycles. The van der Waals surface area contributed by atoms with Crippen molar-refractivity contribution in [1.29, 1.82) is 0 Å². The smallest absolute Gasteiger partial charge is 0.246 e. The fourth-order valence-electron chi connectivity index (χ4n) is 1.62. The first-order valence-electron chi connectivity index (χ1n) is 5.81. The van der Waals surface area contributed by atoms with Crippen molar-refractivity contribution in [2.45, 2.75) is 19.6 Å². The van der Waals surface area contributed by atoms with E-state index < -0.39 is 0 Å². The highest BCUT2D eigenvalue weighted by atomic mass is 79.9. The standard InChI is InChI=1S/C13H18BrNO3S/c1-4-13(17)15(6-10(8-16)18-3)7-11-9(2)5-12(14)19-11/h4-5,10,16H,1,6-8H2,2-3H3. The molecule has 0 saturated carbocycles. The van der Waals surface area contributed by atoms with Crippen LogP contribution < -0.4 is 0 Å². The van der Waals surface area contributed by atoms with Crippen LogP contribution in [0.5, 0.6) is 0 Å². The molecule has 1 aromatic heterocycles. The van der Waals surface area contributed by atoms with Gasteiger partial charge in [0, 0.05) is 18.5 Å². The molecule has 1 unspecified atom stereocenters. The van der Waals surface area contributed by atoms with E-state index in [1.807, 2.05) is 13.0 Å². The second-order valence-electron chi connectivity index (χ2n) is 4.12. The van der Waals surface area contributed by atoms with Crippen LogP contribution in [-0.4, -0.2) is 42.3 Å². The van der Waals surface area contributed by atoms with E-state index in [-0.39, 0.29) is 18.6 Å². The Kier molecular flexibility index (Phi) is 6.71. The van der Waals surface area contributed by atoms with Crippen LogP contribution in [0.15, 0.2) is 22.5 Å². The van der Waals surface area contributed by atoms with Crippen LogP contribution in [0.25, 0.3) is 0 Å². The van der Waals surface area contributed by atoms with E-state index in [9.17, 15) is 4.79 Å². The van der Waals surface area contributed by atoms with Gasteiger partial charge in [0.15, 0.2) is 0 Å². The molecule has 6 heteroatoms. The highest BCUT2D eigenvalue weighted by molar-refractivity contribution is 9.11. The van der Waals surface area contributed by atoms with Gasteiger partial charge in [-0.05, 0) is 40.6 Å². The number of carbonyl (C=O) groups is 1. The third-order valence-corrected chi connectivity index (χ3v) is 4.50. The van der Waals surface area contributed by atoms with Crippen LogP contribution in [0.2, 0.25) is 0 Å². The molecule has 1 rings (SSSR count). The number of hydrogen-bond acceptors (Lipinski definition) is 4. The first-order valence-corrected chi connectivity index (χ1v) is 7.42. The summed E-state index contributed by atoms with van der Waals surface area (Å²) in [4.78, 5) is 14.6. The molecule has 0 spiro atoms. The molecule has 0 aliphatic rings. The second-order valence-corrected chi connectivity index (χ2v) is 6.64. The number of ether oxygens (including phenoxy) is 1. The van der Waals surface area contributed by atoms with E-state index in [2.05, 4.69) is 22.5 Å². The number of methoxy groups -OCH3 is 1. The van der Waals surface area contributed by atoms with Crippen LogP contribution in [-0.2, 0) is 16.1 Å². The van der Waals surface area contributed by atoms with Gasteiger partial charge >= 0.3 is 0 Å². The van der Waals surface area contributed by atoms with Crippen LogP contribution >= 0.6 is 27.3 Å². The summed E-state index contributed by atoms with van der Waals surface area (Å²) in [5, 5.41) is 9.16. The predicted octanol–water partition coefficient (Wildman–Crippen LogP) is 2.34. The summed E-state index contributed by atoms with van der Waals surface area (Å²) in [5.41, 5.74) is 1.14. The van der Waals surface area contributed by atoms with Gasteiger partial charge in [0.1, 0.15) is 0 Å². The molecule has 0 aliphatic carbocycles. The van der Waals surface area contributed by atoms with E-state index >= 15 is 0 Å². The van der Waals surface area contributed by atoms with Gasteiger partial charge in [0.2, 0.25) is 5.91 Å². The minimum atomic E-state index is -0.382. The number of aryl methyl sites for hydroxylation is 1. The zero-order valence-electron chi connectivity index (χ0n) is 11.1. The summed E-state index contributed by atoms with van der Waals surface area (Å²) in [7, 11) is 1.52. The lowest BCUT2D eigenvalue weighted by molar-refractivity contribution is -0.128. The summed E-state index contributed by atoms with van der Waals surface area (Å²) >= 11 is 5.03. The normalized spacial score (nSPS) is 12.2. The van der Waals surface area contributed by atoms with Gasteiger partial charge in [-0.15, -0.1) is 11.3 Å². The van der Waals surface area contributed by atoms with Gasteiger partial charge in [0.05, 0.1) is 23.0 Å². The third kappa shape index (κ3) is 4.72. The average Bonchev–Trinajstić information content (AvgIpc) is 2.71. The van der Waals surface area contributed by atoms with Gasteiger partial charge in [-0.1, -0.05) is 6.58 Å². The number of halogens is 1. The highest BCUT2D eigenvalue weighted by Crippen LogP contribution is 2.27. The predicted molar refractivity (Wildman–Crippen MR) is 80.3 cm³/mol. The van der Waals surface area contributed by atoms with Crippen molar-refractivity contribution in [3.63, 3.8) is 0 Å². The van der Waals surface area contributed by atoms with Gasteiger partial charge < -0.3 is 14.7 Å². The summed E-state index contributed by atoms with van der Waals surface area (Å²) in [6, 6.07) is 2.02. The Morgan fingerprint density at radius 1 is 1.74 bits per heavy atom. The molecule has 0 fully saturated rings. The Balaban J connectivity index is 2.83. The Hall–Kier alpha value is -0.690. The molecule has 19 heavy (non-hydrogen) atoms. The van der Waals surface area contributed by atoms with E-state index in [1.54, 1.807) is 16.2 Å². The lowest BCUT2D eigenvalue weighted by Gasteiger charge is -2.25. The van der Waals surface area contributed by atoms with E-state index in [0.717, 1.165) is 14.2 Å². The zero-order chi connectivity index (χ0) is 14.4. The molecule has 1 N–H and O–H groups in total. The van der Waals surface area contributed by atoms with E-state index in [0.29, 0.717) is 13.1 Å². The lowest BCUT2D eigenvalue weighted by Crippen LogP contribution is -2.38. The molecular weight excluding hydrogens is 330 g/mol. The number of hydrogen-bond donors (Lipinski definition) is 1. The minimum Gasteiger partial charge on any atom is -0.394 e. The fraction of sp³-hybridized carbons (Fsp3) is 0.462. The van der Waals surface area contributed by atoms with Crippen LogP contribution in [0.3, 0.4) is 0 Å². The van der Waals surface area contributed by atoms with Crippen molar-refractivity contribution < 1.29 is 14.6 Å². The number of aliphatic hydroxyl groups is 1. The number of rotatable bonds is 7. The molecule has 4 nitrogen and oxygen atoms in total. The fourth-order valence-corrected chi connectivity index (χ4v) is 3.46. The number of amides is 1. The maximum atomic E-state index is 11.9. The first kappa shape index (κ1) is 16.4. The quantitative estimate of drug-likeness (QED) is 0.770. The second kappa shape index (κ2) is 7.79. The molecule has 1 aromatic rings. The van der Waals surface area contributed by atoms with Crippen LogP contribution in [0, 0.1) is 6.92 Å². The maximum absolute atomic E-state index is 11.9. The topological polar surface area (TPSA) is 49.8 Å². The first-order chi connectivity index (χ1) is 9.01. The molecular formula is C13H18BrNO3S. The molecule has 0 bridgehead atoms. The van der Waals surface area contributed by atoms with Crippen molar-refractivity contribution in [3.05, 3.63) is 32.9 Å². The van der Waals surface area contributed by atoms with Crippen molar-refractivity contribution in [1.82, 2.24) is 4.90 Å². The molecule has 1 amide bonds. The van der Waals surface area contributed by atoms with E-state index in [4.69, 9.17) is 9.84 Å². The van der Waals surface area contributed by atoms with Crippen LogP contribution in [0.1, 0.15) is 10.4 Å². The average molecular weight is 348 g/mol. The van der Waals surface area contributed by atoms with Crippen molar-refractivity contribution in [2.24, 2.45) is 0 Å². The largest absolute Gasteiger partial charge is 0.394 e. The number of aliphatic hydroxyl groups excluding tert-OH is 1.